The Bertz CT molecular complexity index is 1350. The number of hydrogen-bond donors (Lipinski definition) is 1. The molecule has 0 unspecified atom stereocenters. The van der Waals surface area contributed by atoms with Crippen LogP contribution in [-0.4, -0.2) is 47.4 Å². The van der Waals surface area contributed by atoms with E-state index in [4.69, 9.17) is 25.8 Å². The van der Waals surface area contributed by atoms with E-state index in [0.717, 1.165) is 4.31 Å². The van der Waals surface area contributed by atoms with E-state index < -0.39 is 22.5 Å². The lowest BCUT2D eigenvalue weighted by molar-refractivity contribution is -0.119. The molecule has 0 aromatic heterocycles. The molecule has 4 rings (SSSR count). The van der Waals surface area contributed by atoms with Gasteiger partial charge in [-0.2, -0.15) is 5.10 Å². The molecular weight excluding hydrogens is 494 g/mol. The topological polar surface area (TPSA) is 107 Å². The van der Waals surface area contributed by atoms with Gasteiger partial charge in [-0.1, -0.05) is 35.9 Å². The predicted octanol–water partition coefficient (Wildman–Crippen LogP) is 3.47. The number of carbonyl (C=O) groups is 1. The van der Waals surface area contributed by atoms with Crippen LogP contribution in [0.3, 0.4) is 0 Å². The van der Waals surface area contributed by atoms with Crippen molar-refractivity contribution >= 4 is 39.4 Å². The van der Waals surface area contributed by atoms with E-state index in [0.29, 0.717) is 30.3 Å². The van der Waals surface area contributed by atoms with Gasteiger partial charge in [-0.3, -0.25) is 9.10 Å². The molecule has 0 saturated carbocycles. The minimum Gasteiger partial charge on any atom is -0.495 e. The summed E-state index contributed by atoms with van der Waals surface area (Å²) < 4.78 is 44.4. The van der Waals surface area contributed by atoms with Gasteiger partial charge in [0.05, 0.1) is 23.9 Å². The summed E-state index contributed by atoms with van der Waals surface area (Å²) in [7, 11) is -2.74. The summed E-state index contributed by atoms with van der Waals surface area (Å²) in [5.41, 5.74) is 3.09. The zero-order valence-corrected chi connectivity index (χ0v) is 20.3. The first kappa shape index (κ1) is 24.4. The number of nitrogens with zero attached hydrogens (tertiary/aromatic N) is 2. The van der Waals surface area contributed by atoms with Crippen LogP contribution in [-0.2, 0) is 14.8 Å². The summed E-state index contributed by atoms with van der Waals surface area (Å²) in [6, 6.07) is 17.6. The van der Waals surface area contributed by atoms with E-state index in [2.05, 4.69) is 10.5 Å². The number of nitrogens with one attached hydrogen (secondary N) is 1. The third-order valence-electron chi connectivity index (χ3n) is 5.02. The third-order valence-corrected chi connectivity index (χ3v) is 7.03. The monoisotopic (exact) mass is 515 g/mol. The molecule has 1 aliphatic heterocycles. The van der Waals surface area contributed by atoms with Crippen molar-refractivity contribution in [3.63, 3.8) is 0 Å². The Morgan fingerprint density at radius 1 is 1.11 bits per heavy atom. The third kappa shape index (κ3) is 5.50. The second-order valence-electron chi connectivity index (χ2n) is 7.31. The highest BCUT2D eigenvalue weighted by Crippen LogP contribution is 2.35. The number of carbonyl (C=O) groups excluding carboxylic acids is 1. The van der Waals surface area contributed by atoms with Crippen molar-refractivity contribution in [2.45, 2.75) is 4.90 Å². The van der Waals surface area contributed by atoms with Gasteiger partial charge in [0, 0.05) is 10.6 Å². The number of benzene rings is 3. The van der Waals surface area contributed by atoms with Crippen LogP contribution < -0.4 is 23.9 Å². The number of fused-ring (bicyclic) bond motifs is 1. The number of ether oxygens (including phenoxy) is 3. The van der Waals surface area contributed by atoms with Crippen molar-refractivity contribution < 1.29 is 27.4 Å². The molecule has 1 heterocycles. The highest BCUT2D eigenvalue weighted by molar-refractivity contribution is 7.92. The fourth-order valence-electron chi connectivity index (χ4n) is 3.41. The highest BCUT2D eigenvalue weighted by atomic mass is 35.5. The minimum atomic E-state index is -4.14. The normalized spacial score (nSPS) is 12.9. The lowest BCUT2D eigenvalue weighted by Crippen LogP contribution is -2.39. The Morgan fingerprint density at radius 3 is 2.66 bits per heavy atom. The predicted molar refractivity (Wildman–Crippen MR) is 132 cm³/mol. The van der Waals surface area contributed by atoms with Crippen LogP contribution in [0, 0.1) is 0 Å². The number of halogens is 1. The van der Waals surface area contributed by atoms with Gasteiger partial charge in [0.15, 0.2) is 11.5 Å². The molecule has 0 atom stereocenters. The molecule has 1 N–H and O–H groups in total. The number of rotatable bonds is 8. The largest absolute Gasteiger partial charge is 0.495 e. The van der Waals surface area contributed by atoms with Crippen molar-refractivity contribution in [3.8, 4) is 17.2 Å². The first-order chi connectivity index (χ1) is 16.9. The maximum atomic E-state index is 13.5. The summed E-state index contributed by atoms with van der Waals surface area (Å²) in [6.45, 7) is 0.277. The quantitative estimate of drug-likeness (QED) is 0.364. The zero-order chi connectivity index (χ0) is 24.8. The van der Waals surface area contributed by atoms with Gasteiger partial charge in [-0.15, -0.1) is 0 Å². The van der Waals surface area contributed by atoms with Gasteiger partial charge >= 0.3 is 0 Å². The Labute approximate surface area is 207 Å². The van der Waals surface area contributed by atoms with Gasteiger partial charge in [-0.05, 0) is 42.5 Å². The van der Waals surface area contributed by atoms with E-state index in [9.17, 15) is 13.2 Å². The number of sulfonamides is 1. The van der Waals surface area contributed by atoms with E-state index >= 15 is 0 Å². The molecule has 35 heavy (non-hydrogen) atoms. The molecule has 1 amide bonds. The van der Waals surface area contributed by atoms with E-state index in [1.54, 1.807) is 42.5 Å². The highest BCUT2D eigenvalue weighted by Gasteiger charge is 2.29. The summed E-state index contributed by atoms with van der Waals surface area (Å²) in [5.74, 6) is 0.663. The smallest absolute Gasteiger partial charge is 0.264 e. The van der Waals surface area contributed by atoms with Crippen LogP contribution in [0.2, 0.25) is 5.02 Å². The lowest BCUT2D eigenvalue weighted by Gasteiger charge is -2.25. The van der Waals surface area contributed by atoms with Crippen molar-refractivity contribution in [2.75, 3.05) is 31.2 Å². The van der Waals surface area contributed by atoms with Crippen LogP contribution in [0.25, 0.3) is 0 Å². The van der Waals surface area contributed by atoms with Gasteiger partial charge < -0.3 is 14.2 Å². The molecule has 0 aliphatic carbocycles. The van der Waals surface area contributed by atoms with Gasteiger partial charge in [-0.25, -0.2) is 13.8 Å². The fourth-order valence-corrected chi connectivity index (χ4v) is 5.03. The SMILES string of the molecule is COc1ccc(Cl)cc1N(CC(=O)N/N=C/c1cccc2c1OCCO2)S(=O)(=O)c1ccccc1. The van der Waals surface area contributed by atoms with Crippen LogP contribution in [0.4, 0.5) is 5.69 Å². The Morgan fingerprint density at radius 2 is 1.89 bits per heavy atom. The van der Waals surface area contributed by atoms with E-state index in [1.165, 1.54) is 37.6 Å². The standard InChI is InChI=1S/C24H22ClN3O6S/c1-32-21-11-10-18(25)14-20(21)28(35(30,31)19-7-3-2-4-8-19)16-23(29)27-26-15-17-6-5-9-22-24(17)34-13-12-33-22/h2-11,14-15H,12-13,16H2,1H3,(H,27,29)/b26-15+. The number of amides is 1. The molecule has 9 nitrogen and oxygen atoms in total. The maximum absolute atomic E-state index is 13.5. The average Bonchev–Trinajstić information content (AvgIpc) is 2.88. The number of para-hydroxylation sites is 1. The van der Waals surface area contributed by atoms with Crippen molar-refractivity contribution in [3.05, 3.63) is 77.3 Å². The molecule has 3 aromatic rings. The summed E-state index contributed by atoms with van der Waals surface area (Å²) in [4.78, 5) is 12.8. The molecule has 3 aromatic carbocycles. The number of methoxy groups -OCH3 is 1. The average molecular weight is 516 g/mol. The van der Waals surface area contributed by atoms with Crippen LogP contribution in [0.15, 0.2) is 76.7 Å². The van der Waals surface area contributed by atoms with Gasteiger partial charge in [0.2, 0.25) is 0 Å². The number of hydrogen-bond acceptors (Lipinski definition) is 7. The number of hydrazone groups is 1. The van der Waals surface area contributed by atoms with Crippen molar-refractivity contribution in [2.24, 2.45) is 5.10 Å². The second-order valence-corrected chi connectivity index (χ2v) is 9.60. The Kier molecular flexibility index (Phi) is 7.42. The van der Waals surface area contributed by atoms with Crippen molar-refractivity contribution in [1.29, 1.82) is 0 Å². The van der Waals surface area contributed by atoms with Gasteiger partial charge in [0.25, 0.3) is 15.9 Å². The van der Waals surface area contributed by atoms with Gasteiger partial charge in [0.1, 0.15) is 25.5 Å². The first-order valence-corrected chi connectivity index (χ1v) is 12.3. The molecule has 1 aliphatic rings. The Balaban J connectivity index is 1.60. The van der Waals surface area contributed by atoms with Crippen LogP contribution in [0.1, 0.15) is 5.56 Å². The van der Waals surface area contributed by atoms with E-state index in [-0.39, 0.29) is 21.4 Å². The zero-order valence-electron chi connectivity index (χ0n) is 18.7. The Hall–Kier alpha value is -3.76. The summed E-state index contributed by atoms with van der Waals surface area (Å²) in [5, 5.41) is 4.25. The molecule has 0 spiro atoms. The molecule has 0 saturated heterocycles. The molecule has 182 valence electrons. The van der Waals surface area contributed by atoms with E-state index in [1.807, 2.05) is 0 Å². The maximum Gasteiger partial charge on any atom is 0.264 e. The van der Waals surface area contributed by atoms with Crippen LogP contribution in [0.5, 0.6) is 17.2 Å². The summed E-state index contributed by atoms with van der Waals surface area (Å²) >= 11 is 6.14. The molecular formula is C24H22ClN3O6S. The molecule has 11 heteroatoms. The molecule has 0 radical (unpaired) electrons. The lowest BCUT2D eigenvalue weighted by atomic mass is 10.2. The fraction of sp³-hybridized carbons (Fsp3) is 0.167. The first-order valence-electron chi connectivity index (χ1n) is 10.5. The molecule has 0 fully saturated rings. The second kappa shape index (κ2) is 10.7. The minimum absolute atomic E-state index is 0.00592. The van der Waals surface area contributed by atoms with Crippen LogP contribution >= 0.6 is 11.6 Å². The summed E-state index contributed by atoms with van der Waals surface area (Å²) in [6.07, 6.45) is 1.40. The van der Waals surface area contributed by atoms with Crippen molar-refractivity contribution in [1.82, 2.24) is 5.43 Å². The molecule has 0 bridgehead atoms. The number of anilines is 1.